The molecule has 0 aliphatic rings. The Balaban J connectivity index is 1.59. The summed E-state index contributed by atoms with van der Waals surface area (Å²) in [6.45, 7) is 1.65. The molecule has 1 amide bonds. The number of rotatable bonds is 6. The van der Waals surface area contributed by atoms with E-state index in [4.69, 9.17) is 14.7 Å². The van der Waals surface area contributed by atoms with E-state index in [-0.39, 0.29) is 5.91 Å². The van der Waals surface area contributed by atoms with Crippen LogP contribution >= 0.6 is 0 Å². The molecule has 0 bridgehead atoms. The highest BCUT2D eigenvalue weighted by Gasteiger charge is 2.16. The average molecular weight is 358 g/mol. The first-order valence-electron chi connectivity index (χ1n) is 8.45. The van der Waals surface area contributed by atoms with Gasteiger partial charge in [-0.1, -0.05) is 30.3 Å². The largest absolute Gasteiger partial charge is 0.481 e. The molecule has 0 saturated carbocycles. The molecule has 0 aliphatic carbocycles. The first kappa shape index (κ1) is 18.0. The summed E-state index contributed by atoms with van der Waals surface area (Å²) >= 11 is 0. The number of nitrogens with zero attached hydrogens (tertiary/aromatic N) is 1. The highest BCUT2D eigenvalue weighted by atomic mass is 16.5. The number of anilines is 1. The van der Waals surface area contributed by atoms with Crippen LogP contribution in [0.1, 0.15) is 12.5 Å². The molecule has 1 atom stereocenters. The number of hydrogen-bond acceptors (Lipinski definition) is 4. The first-order valence-corrected chi connectivity index (χ1v) is 8.45. The summed E-state index contributed by atoms with van der Waals surface area (Å²) in [5.74, 6) is 1.64. The molecule has 134 valence electrons. The second-order valence-electron chi connectivity index (χ2n) is 5.79. The van der Waals surface area contributed by atoms with Gasteiger partial charge in [-0.05, 0) is 55.5 Å². The monoisotopic (exact) mass is 358 g/mol. The van der Waals surface area contributed by atoms with Crippen molar-refractivity contribution in [2.45, 2.75) is 13.0 Å². The van der Waals surface area contributed by atoms with Crippen molar-refractivity contribution in [1.29, 1.82) is 5.26 Å². The van der Waals surface area contributed by atoms with E-state index < -0.39 is 6.10 Å². The third-order valence-electron chi connectivity index (χ3n) is 3.79. The summed E-state index contributed by atoms with van der Waals surface area (Å²) in [6.07, 6.45) is -0.724. The molecule has 1 N–H and O–H groups in total. The zero-order valence-electron chi connectivity index (χ0n) is 14.8. The number of hydrogen-bond donors (Lipinski definition) is 1. The fraction of sp³-hybridized carbons (Fsp3) is 0.0909. The lowest BCUT2D eigenvalue weighted by molar-refractivity contribution is -0.122. The van der Waals surface area contributed by atoms with Gasteiger partial charge in [0.1, 0.15) is 23.3 Å². The van der Waals surface area contributed by atoms with Crippen molar-refractivity contribution in [2.75, 3.05) is 5.32 Å². The van der Waals surface area contributed by atoms with Gasteiger partial charge < -0.3 is 14.8 Å². The van der Waals surface area contributed by atoms with Gasteiger partial charge in [-0.25, -0.2) is 0 Å². The Morgan fingerprint density at radius 1 is 0.889 bits per heavy atom. The van der Waals surface area contributed by atoms with Crippen molar-refractivity contribution in [3.8, 4) is 23.3 Å². The molecule has 0 fully saturated rings. The minimum atomic E-state index is -0.724. The van der Waals surface area contributed by atoms with Gasteiger partial charge in [0.15, 0.2) is 6.10 Å². The van der Waals surface area contributed by atoms with E-state index in [1.165, 1.54) is 0 Å². The SMILES string of the molecule is C[C@@H](Oc1ccc(Oc2ccccc2)cc1)C(=O)Nc1ccccc1C#N. The minimum absolute atomic E-state index is 0.331. The number of nitrogens with one attached hydrogen (secondary N) is 1. The van der Waals surface area contributed by atoms with Crippen LogP contribution in [0.15, 0.2) is 78.9 Å². The molecule has 5 nitrogen and oxygen atoms in total. The summed E-state index contributed by atoms with van der Waals surface area (Å²) in [5, 5.41) is 11.8. The summed E-state index contributed by atoms with van der Waals surface area (Å²) in [7, 11) is 0. The molecular weight excluding hydrogens is 340 g/mol. The molecule has 3 aromatic rings. The van der Waals surface area contributed by atoms with Gasteiger partial charge in [0.05, 0.1) is 11.3 Å². The van der Waals surface area contributed by atoms with Crippen LogP contribution in [0.5, 0.6) is 17.2 Å². The van der Waals surface area contributed by atoms with Gasteiger partial charge in [0.25, 0.3) is 5.91 Å². The molecule has 0 spiro atoms. The Kier molecular flexibility index (Phi) is 5.70. The van der Waals surface area contributed by atoms with E-state index in [1.54, 1.807) is 55.5 Å². The molecule has 27 heavy (non-hydrogen) atoms. The third-order valence-corrected chi connectivity index (χ3v) is 3.79. The number of nitriles is 1. The maximum atomic E-state index is 12.3. The minimum Gasteiger partial charge on any atom is -0.481 e. The van der Waals surface area contributed by atoms with Crippen LogP contribution in [-0.4, -0.2) is 12.0 Å². The molecule has 0 heterocycles. The van der Waals surface area contributed by atoms with Crippen molar-refractivity contribution in [1.82, 2.24) is 0 Å². The Hall–Kier alpha value is -3.78. The van der Waals surface area contributed by atoms with E-state index in [9.17, 15) is 4.79 Å². The van der Waals surface area contributed by atoms with Crippen molar-refractivity contribution >= 4 is 11.6 Å². The Labute approximate surface area is 157 Å². The highest BCUT2D eigenvalue weighted by molar-refractivity contribution is 5.95. The molecule has 5 heteroatoms. The van der Waals surface area contributed by atoms with Gasteiger partial charge in [-0.15, -0.1) is 0 Å². The highest BCUT2D eigenvalue weighted by Crippen LogP contribution is 2.24. The second kappa shape index (κ2) is 8.54. The van der Waals surface area contributed by atoms with Gasteiger partial charge in [0.2, 0.25) is 0 Å². The zero-order valence-corrected chi connectivity index (χ0v) is 14.8. The van der Waals surface area contributed by atoms with Gasteiger partial charge in [-0.2, -0.15) is 5.26 Å². The second-order valence-corrected chi connectivity index (χ2v) is 5.79. The van der Waals surface area contributed by atoms with Crippen LogP contribution in [0.2, 0.25) is 0 Å². The molecule has 0 aromatic heterocycles. The summed E-state index contributed by atoms with van der Waals surface area (Å²) in [6, 6.07) is 25.4. The Morgan fingerprint density at radius 2 is 1.48 bits per heavy atom. The van der Waals surface area contributed by atoms with Crippen LogP contribution in [0, 0.1) is 11.3 Å². The normalized spacial score (nSPS) is 11.1. The maximum Gasteiger partial charge on any atom is 0.265 e. The predicted molar refractivity (Wildman–Crippen MR) is 103 cm³/mol. The molecule has 0 saturated heterocycles. The lowest BCUT2D eigenvalue weighted by Crippen LogP contribution is -2.30. The summed E-state index contributed by atoms with van der Waals surface area (Å²) in [4.78, 5) is 12.3. The standard InChI is InChI=1S/C22H18N2O3/c1-16(22(25)24-21-10-6-5-7-17(21)15-23)26-19-11-13-20(14-12-19)27-18-8-3-2-4-9-18/h2-14,16H,1H3,(H,24,25)/t16-/m1/s1. The van der Waals surface area contributed by atoms with Crippen LogP contribution < -0.4 is 14.8 Å². The Bertz CT molecular complexity index is 947. The number of carbonyl (C=O) groups is 1. The van der Waals surface area contributed by atoms with E-state index in [0.29, 0.717) is 22.7 Å². The van der Waals surface area contributed by atoms with Crippen molar-refractivity contribution in [3.63, 3.8) is 0 Å². The van der Waals surface area contributed by atoms with Crippen molar-refractivity contribution in [2.24, 2.45) is 0 Å². The van der Waals surface area contributed by atoms with Crippen LogP contribution in [0.3, 0.4) is 0 Å². The lowest BCUT2D eigenvalue weighted by atomic mass is 10.2. The number of benzene rings is 3. The number of carbonyl (C=O) groups excluding carboxylic acids is 1. The fourth-order valence-electron chi connectivity index (χ4n) is 2.39. The van der Waals surface area contributed by atoms with Crippen molar-refractivity contribution in [3.05, 3.63) is 84.4 Å². The molecular formula is C22H18N2O3. The molecule has 0 unspecified atom stereocenters. The van der Waals surface area contributed by atoms with E-state index in [2.05, 4.69) is 5.32 Å². The van der Waals surface area contributed by atoms with Crippen LogP contribution in [0.25, 0.3) is 0 Å². The number of ether oxygens (including phenoxy) is 2. The molecule has 0 radical (unpaired) electrons. The number of amides is 1. The lowest BCUT2D eigenvalue weighted by Gasteiger charge is -2.15. The van der Waals surface area contributed by atoms with E-state index >= 15 is 0 Å². The maximum absolute atomic E-state index is 12.3. The van der Waals surface area contributed by atoms with Gasteiger partial charge in [0, 0.05) is 0 Å². The summed E-state index contributed by atoms with van der Waals surface area (Å²) < 4.78 is 11.4. The van der Waals surface area contributed by atoms with Crippen LogP contribution in [0.4, 0.5) is 5.69 Å². The summed E-state index contributed by atoms with van der Waals surface area (Å²) in [5.41, 5.74) is 0.868. The molecule has 3 rings (SSSR count). The zero-order chi connectivity index (χ0) is 19.1. The molecule has 0 aliphatic heterocycles. The smallest absolute Gasteiger partial charge is 0.265 e. The van der Waals surface area contributed by atoms with Crippen LogP contribution in [-0.2, 0) is 4.79 Å². The first-order chi connectivity index (χ1) is 13.2. The quantitative estimate of drug-likeness (QED) is 0.690. The van der Waals surface area contributed by atoms with E-state index in [0.717, 1.165) is 5.75 Å². The van der Waals surface area contributed by atoms with Gasteiger partial charge >= 0.3 is 0 Å². The third kappa shape index (κ3) is 4.86. The average Bonchev–Trinajstić information content (AvgIpc) is 2.70. The van der Waals surface area contributed by atoms with Gasteiger partial charge in [-0.3, -0.25) is 4.79 Å². The molecule has 3 aromatic carbocycles. The Morgan fingerprint density at radius 3 is 2.19 bits per heavy atom. The fourth-order valence-corrected chi connectivity index (χ4v) is 2.39. The van der Waals surface area contributed by atoms with Crippen molar-refractivity contribution < 1.29 is 14.3 Å². The topological polar surface area (TPSA) is 71.3 Å². The van der Waals surface area contributed by atoms with E-state index in [1.807, 2.05) is 36.4 Å². The number of para-hydroxylation sites is 2. The predicted octanol–water partition coefficient (Wildman–Crippen LogP) is 4.76.